The van der Waals surface area contributed by atoms with Gasteiger partial charge in [0.1, 0.15) is 5.75 Å². The van der Waals surface area contributed by atoms with Crippen molar-refractivity contribution in [2.45, 2.75) is 19.3 Å². The molecule has 0 aliphatic heterocycles. The van der Waals surface area contributed by atoms with E-state index in [-0.39, 0.29) is 0 Å². The van der Waals surface area contributed by atoms with Crippen LogP contribution in [0.3, 0.4) is 0 Å². The van der Waals surface area contributed by atoms with Gasteiger partial charge in [-0.05, 0) is 30.7 Å². The van der Waals surface area contributed by atoms with Crippen molar-refractivity contribution < 1.29 is 27.1 Å². The Kier molecular flexibility index (Phi) is 3.75. The molecular formula is C11H10F4O2. The largest absolute Gasteiger partial charge is 0.496 e. The standard InChI is InChI=1S/C11H10F4O2/c1-6-5-7(3-4-8(6)17-2)9(16)11(14,15)10(12)13/h3-5,10H,1-2H3. The molecule has 1 rings (SSSR count). The molecule has 0 bridgehead atoms. The van der Waals surface area contributed by atoms with Crippen LogP contribution in [0, 0.1) is 6.92 Å². The van der Waals surface area contributed by atoms with Gasteiger partial charge in [0, 0.05) is 5.56 Å². The van der Waals surface area contributed by atoms with Crippen molar-refractivity contribution in [1.29, 1.82) is 0 Å². The van der Waals surface area contributed by atoms with Gasteiger partial charge < -0.3 is 4.74 Å². The fourth-order valence-corrected chi connectivity index (χ4v) is 1.31. The molecule has 0 radical (unpaired) electrons. The van der Waals surface area contributed by atoms with Crippen molar-refractivity contribution in [2.75, 3.05) is 7.11 Å². The van der Waals surface area contributed by atoms with Crippen LogP contribution in [0.1, 0.15) is 15.9 Å². The van der Waals surface area contributed by atoms with Crippen molar-refractivity contribution in [1.82, 2.24) is 0 Å². The highest BCUT2D eigenvalue weighted by molar-refractivity contribution is 6.01. The lowest BCUT2D eigenvalue weighted by Gasteiger charge is -2.14. The number of alkyl halides is 4. The topological polar surface area (TPSA) is 26.3 Å². The van der Waals surface area contributed by atoms with Crippen molar-refractivity contribution >= 4 is 5.78 Å². The SMILES string of the molecule is COc1ccc(C(=O)C(F)(F)C(F)F)cc1C. The third kappa shape index (κ3) is 2.57. The van der Waals surface area contributed by atoms with Crippen molar-refractivity contribution in [3.63, 3.8) is 0 Å². The number of hydrogen-bond donors (Lipinski definition) is 0. The summed E-state index contributed by atoms with van der Waals surface area (Å²) in [5.41, 5.74) is -0.0444. The molecular weight excluding hydrogens is 240 g/mol. The summed E-state index contributed by atoms with van der Waals surface area (Å²) >= 11 is 0. The predicted molar refractivity (Wildman–Crippen MR) is 53.0 cm³/mol. The average Bonchev–Trinajstić information content (AvgIpc) is 2.27. The molecule has 0 unspecified atom stereocenters. The summed E-state index contributed by atoms with van der Waals surface area (Å²) in [5, 5.41) is 0. The van der Waals surface area contributed by atoms with E-state index in [4.69, 9.17) is 4.74 Å². The van der Waals surface area contributed by atoms with Crippen LogP contribution in [0.15, 0.2) is 18.2 Å². The van der Waals surface area contributed by atoms with Crippen LogP contribution in [-0.4, -0.2) is 25.2 Å². The minimum Gasteiger partial charge on any atom is -0.496 e. The number of aryl methyl sites for hydroxylation is 1. The van der Waals surface area contributed by atoms with Crippen molar-refractivity contribution in [3.05, 3.63) is 29.3 Å². The van der Waals surface area contributed by atoms with Crippen LogP contribution in [0.2, 0.25) is 0 Å². The zero-order valence-electron chi connectivity index (χ0n) is 9.14. The number of carbonyl (C=O) groups is 1. The third-order valence-electron chi connectivity index (χ3n) is 2.23. The minimum atomic E-state index is -4.67. The van der Waals surface area contributed by atoms with Gasteiger partial charge in [0.2, 0.25) is 5.78 Å². The van der Waals surface area contributed by atoms with E-state index >= 15 is 0 Å². The molecule has 0 spiro atoms. The van der Waals surface area contributed by atoms with E-state index in [9.17, 15) is 22.4 Å². The first-order valence-electron chi connectivity index (χ1n) is 4.66. The first-order chi connectivity index (χ1) is 7.80. The molecule has 17 heavy (non-hydrogen) atoms. The molecule has 0 aromatic heterocycles. The molecule has 0 aliphatic rings. The van der Waals surface area contributed by atoms with E-state index in [1.165, 1.54) is 20.1 Å². The summed E-state index contributed by atoms with van der Waals surface area (Å²) < 4.78 is 54.5. The maximum absolute atomic E-state index is 12.8. The number of benzene rings is 1. The Labute approximate surface area is 95.2 Å². The molecule has 0 N–H and O–H groups in total. The van der Waals surface area contributed by atoms with Crippen LogP contribution in [0.25, 0.3) is 0 Å². The Bertz CT molecular complexity index is 429. The lowest BCUT2D eigenvalue weighted by Crippen LogP contribution is -2.36. The average molecular weight is 250 g/mol. The number of methoxy groups -OCH3 is 1. The number of ether oxygens (including phenoxy) is 1. The van der Waals surface area contributed by atoms with E-state index in [1.807, 2.05) is 0 Å². The molecule has 1 aromatic carbocycles. The second-order valence-electron chi connectivity index (χ2n) is 3.44. The lowest BCUT2D eigenvalue weighted by atomic mass is 10.0. The zero-order valence-corrected chi connectivity index (χ0v) is 9.14. The molecule has 0 heterocycles. The molecule has 0 fully saturated rings. The van der Waals surface area contributed by atoms with E-state index < -0.39 is 23.7 Å². The van der Waals surface area contributed by atoms with Gasteiger partial charge in [-0.15, -0.1) is 0 Å². The second-order valence-corrected chi connectivity index (χ2v) is 3.44. The van der Waals surface area contributed by atoms with Gasteiger partial charge in [-0.3, -0.25) is 4.79 Å². The van der Waals surface area contributed by atoms with Crippen molar-refractivity contribution in [2.24, 2.45) is 0 Å². The summed E-state index contributed by atoms with van der Waals surface area (Å²) in [6.45, 7) is 1.52. The summed E-state index contributed by atoms with van der Waals surface area (Å²) in [4.78, 5) is 11.2. The number of ketones is 1. The van der Waals surface area contributed by atoms with Gasteiger partial charge >= 0.3 is 12.3 Å². The number of carbonyl (C=O) groups excluding carboxylic acids is 1. The molecule has 0 aliphatic carbocycles. The first kappa shape index (κ1) is 13.5. The maximum atomic E-state index is 12.8. The highest BCUT2D eigenvalue weighted by Gasteiger charge is 2.49. The van der Waals surface area contributed by atoms with E-state index in [0.29, 0.717) is 11.3 Å². The normalized spacial score (nSPS) is 11.7. The second kappa shape index (κ2) is 4.73. The van der Waals surface area contributed by atoms with E-state index in [1.54, 1.807) is 0 Å². The quantitative estimate of drug-likeness (QED) is 0.606. The van der Waals surface area contributed by atoms with Gasteiger partial charge in [0.25, 0.3) is 0 Å². The van der Waals surface area contributed by atoms with E-state index in [0.717, 1.165) is 12.1 Å². The zero-order chi connectivity index (χ0) is 13.2. The summed E-state index contributed by atoms with van der Waals surface area (Å²) in [7, 11) is 1.37. The molecule has 6 heteroatoms. The fraction of sp³-hybridized carbons (Fsp3) is 0.364. The van der Waals surface area contributed by atoms with Crippen LogP contribution in [0.4, 0.5) is 17.6 Å². The molecule has 0 saturated heterocycles. The first-order valence-corrected chi connectivity index (χ1v) is 4.66. The van der Waals surface area contributed by atoms with Gasteiger partial charge in [0.05, 0.1) is 7.11 Å². The van der Waals surface area contributed by atoms with Crippen LogP contribution in [-0.2, 0) is 0 Å². The number of hydrogen-bond acceptors (Lipinski definition) is 2. The van der Waals surface area contributed by atoms with Crippen LogP contribution in [0.5, 0.6) is 5.75 Å². The van der Waals surface area contributed by atoms with Gasteiger partial charge in [-0.25, -0.2) is 8.78 Å². The molecule has 0 amide bonds. The smallest absolute Gasteiger partial charge is 0.368 e. The van der Waals surface area contributed by atoms with Crippen LogP contribution < -0.4 is 4.74 Å². The number of rotatable bonds is 4. The fourth-order valence-electron chi connectivity index (χ4n) is 1.31. The maximum Gasteiger partial charge on any atom is 0.368 e. The Hall–Kier alpha value is -1.59. The summed E-state index contributed by atoms with van der Waals surface area (Å²) in [5.74, 6) is -6.17. The molecule has 0 atom stereocenters. The van der Waals surface area contributed by atoms with Crippen LogP contribution >= 0.6 is 0 Å². The van der Waals surface area contributed by atoms with Gasteiger partial charge in [-0.1, -0.05) is 0 Å². The predicted octanol–water partition coefficient (Wildman–Crippen LogP) is 3.09. The number of halogens is 4. The van der Waals surface area contributed by atoms with Gasteiger partial charge in [0.15, 0.2) is 0 Å². The molecule has 0 saturated carbocycles. The monoisotopic (exact) mass is 250 g/mol. The summed E-state index contributed by atoms with van der Waals surface area (Å²) in [6.07, 6.45) is -4.02. The number of Topliss-reactive ketones (excluding diaryl/α,β-unsaturated/α-hetero) is 1. The lowest BCUT2D eigenvalue weighted by molar-refractivity contribution is -0.0958. The Morgan fingerprint density at radius 2 is 1.94 bits per heavy atom. The Morgan fingerprint density at radius 3 is 2.35 bits per heavy atom. The minimum absolute atomic E-state index is 0.391. The Balaban J connectivity index is 3.10. The molecule has 94 valence electrons. The highest BCUT2D eigenvalue weighted by Crippen LogP contribution is 2.29. The van der Waals surface area contributed by atoms with Gasteiger partial charge in [-0.2, -0.15) is 8.78 Å². The Morgan fingerprint density at radius 1 is 1.35 bits per heavy atom. The van der Waals surface area contributed by atoms with Crippen molar-refractivity contribution in [3.8, 4) is 5.75 Å². The van der Waals surface area contributed by atoms with E-state index in [2.05, 4.69) is 0 Å². The molecule has 1 aromatic rings. The molecule has 2 nitrogen and oxygen atoms in total. The summed E-state index contributed by atoms with van der Waals surface area (Å²) in [6, 6.07) is 3.41. The highest BCUT2D eigenvalue weighted by atomic mass is 19.3. The third-order valence-corrected chi connectivity index (χ3v) is 2.23.